The Labute approximate surface area is 110 Å². The maximum absolute atomic E-state index is 13.5. The van der Waals surface area contributed by atoms with Gasteiger partial charge in [-0.15, -0.1) is 11.6 Å². The van der Waals surface area contributed by atoms with Gasteiger partial charge in [-0.1, -0.05) is 0 Å². The summed E-state index contributed by atoms with van der Waals surface area (Å²) in [6.45, 7) is 0. The van der Waals surface area contributed by atoms with Crippen LogP contribution in [0, 0.1) is 5.82 Å². The SMILES string of the molecule is COc1ccc(-c2cnc(CCCCl)o2)cc1F. The fourth-order valence-electron chi connectivity index (χ4n) is 1.60. The van der Waals surface area contributed by atoms with E-state index >= 15 is 0 Å². The molecule has 5 heteroatoms. The smallest absolute Gasteiger partial charge is 0.194 e. The Morgan fingerprint density at radius 1 is 1.44 bits per heavy atom. The van der Waals surface area contributed by atoms with E-state index in [0.717, 1.165) is 6.42 Å². The minimum atomic E-state index is -0.422. The molecule has 0 aliphatic rings. The summed E-state index contributed by atoms with van der Waals surface area (Å²) in [7, 11) is 1.43. The van der Waals surface area contributed by atoms with Crippen LogP contribution in [0.1, 0.15) is 12.3 Å². The van der Waals surface area contributed by atoms with Gasteiger partial charge in [-0.3, -0.25) is 0 Å². The number of methoxy groups -OCH3 is 1. The van der Waals surface area contributed by atoms with Crippen molar-refractivity contribution in [1.82, 2.24) is 4.98 Å². The van der Waals surface area contributed by atoms with E-state index < -0.39 is 5.82 Å². The van der Waals surface area contributed by atoms with Crippen LogP contribution in [-0.4, -0.2) is 18.0 Å². The molecule has 0 aliphatic heterocycles. The average Bonchev–Trinajstić information content (AvgIpc) is 2.85. The molecule has 2 aromatic rings. The van der Waals surface area contributed by atoms with Crippen molar-refractivity contribution >= 4 is 11.6 Å². The monoisotopic (exact) mass is 269 g/mol. The first-order chi connectivity index (χ1) is 8.74. The lowest BCUT2D eigenvalue weighted by atomic mass is 10.2. The number of hydrogen-bond donors (Lipinski definition) is 0. The molecule has 96 valence electrons. The van der Waals surface area contributed by atoms with Gasteiger partial charge in [0.05, 0.1) is 13.3 Å². The number of alkyl halides is 1. The molecule has 0 fully saturated rings. The molecule has 1 aromatic heterocycles. The Hall–Kier alpha value is -1.55. The average molecular weight is 270 g/mol. The van der Waals surface area contributed by atoms with E-state index in [2.05, 4.69) is 4.98 Å². The highest BCUT2D eigenvalue weighted by Gasteiger charge is 2.09. The number of aromatic nitrogens is 1. The summed E-state index contributed by atoms with van der Waals surface area (Å²) in [4.78, 5) is 4.12. The van der Waals surface area contributed by atoms with E-state index in [1.54, 1.807) is 18.3 Å². The van der Waals surface area contributed by atoms with Crippen LogP contribution >= 0.6 is 11.6 Å². The van der Waals surface area contributed by atoms with Gasteiger partial charge in [-0.2, -0.15) is 0 Å². The van der Waals surface area contributed by atoms with E-state index in [0.29, 0.717) is 29.5 Å². The van der Waals surface area contributed by atoms with Crippen LogP contribution in [0.5, 0.6) is 5.75 Å². The fraction of sp³-hybridized carbons (Fsp3) is 0.308. The second kappa shape index (κ2) is 5.87. The number of nitrogens with zero attached hydrogens (tertiary/aromatic N) is 1. The van der Waals surface area contributed by atoms with Crippen molar-refractivity contribution in [3.63, 3.8) is 0 Å². The van der Waals surface area contributed by atoms with Crippen molar-refractivity contribution in [1.29, 1.82) is 0 Å². The zero-order chi connectivity index (χ0) is 13.0. The Morgan fingerprint density at radius 3 is 2.94 bits per heavy atom. The first-order valence-electron chi connectivity index (χ1n) is 5.59. The first-order valence-corrected chi connectivity index (χ1v) is 6.12. The molecule has 1 aromatic carbocycles. The van der Waals surface area contributed by atoms with Crippen molar-refractivity contribution in [3.8, 4) is 17.1 Å². The van der Waals surface area contributed by atoms with Gasteiger partial charge in [0.1, 0.15) is 0 Å². The fourth-order valence-corrected chi connectivity index (χ4v) is 1.73. The van der Waals surface area contributed by atoms with Gasteiger partial charge in [-0.25, -0.2) is 9.37 Å². The van der Waals surface area contributed by atoms with Gasteiger partial charge < -0.3 is 9.15 Å². The molecule has 0 radical (unpaired) electrons. The molecular weight excluding hydrogens is 257 g/mol. The lowest BCUT2D eigenvalue weighted by molar-refractivity contribution is 0.386. The van der Waals surface area contributed by atoms with Crippen LogP contribution in [0.4, 0.5) is 4.39 Å². The number of ether oxygens (including phenoxy) is 1. The van der Waals surface area contributed by atoms with Crippen molar-refractivity contribution in [2.45, 2.75) is 12.8 Å². The number of benzene rings is 1. The molecule has 2 rings (SSSR count). The van der Waals surface area contributed by atoms with Crippen LogP contribution < -0.4 is 4.74 Å². The van der Waals surface area contributed by atoms with E-state index in [1.807, 2.05) is 0 Å². The van der Waals surface area contributed by atoms with Crippen LogP contribution in [0.3, 0.4) is 0 Å². The molecule has 0 amide bonds. The second-order valence-corrected chi connectivity index (χ2v) is 4.14. The third-order valence-corrected chi connectivity index (χ3v) is 2.78. The molecule has 0 saturated heterocycles. The Balaban J connectivity index is 2.20. The lowest BCUT2D eigenvalue weighted by Gasteiger charge is -2.02. The molecule has 0 saturated carbocycles. The summed E-state index contributed by atoms with van der Waals surface area (Å²) in [5, 5.41) is 0. The molecule has 0 aliphatic carbocycles. The molecule has 0 atom stereocenters. The van der Waals surface area contributed by atoms with Crippen molar-refractivity contribution in [2.75, 3.05) is 13.0 Å². The zero-order valence-electron chi connectivity index (χ0n) is 9.95. The number of oxazole rings is 1. The predicted molar refractivity (Wildman–Crippen MR) is 67.5 cm³/mol. The van der Waals surface area contributed by atoms with Gasteiger partial charge >= 0.3 is 0 Å². The first kappa shape index (κ1) is 12.9. The number of rotatable bonds is 5. The summed E-state index contributed by atoms with van der Waals surface area (Å²) in [5.74, 6) is 1.51. The van der Waals surface area contributed by atoms with Gasteiger partial charge in [-0.05, 0) is 24.6 Å². The van der Waals surface area contributed by atoms with Crippen molar-refractivity contribution in [3.05, 3.63) is 36.1 Å². The normalized spacial score (nSPS) is 10.6. The highest BCUT2D eigenvalue weighted by molar-refractivity contribution is 6.17. The summed E-state index contributed by atoms with van der Waals surface area (Å²) < 4.78 is 23.9. The minimum absolute atomic E-state index is 0.209. The third-order valence-electron chi connectivity index (χ3n) is 2.51. The van der Waals surface area contributed by atoms with Gasteiger partial charge in [0.15, 0.2) is 23.2 Å². The Morgan fingerprint density at radius 2 is 2.28 bits per heavy atom. The van der Waals surface area contributed by atoms with Gasteiger partial charge in [0.2, 0.25) is 0 Å². The second-order valence-electron chi connectivity index (χ2n) is 3.76. The topological polar surface area (TPSA) is 35.3 Å². The standard InChI is InChI=1S/C13H13ClFNO2/c1-17-11-5-4-9(7-10(11)15)12-8-16-13(18-12)3-2-6-14/h4-5,7-8H,2-3,6H2,1H3. The van der Waals surface area contributed by atoms with Crippen molar-refractivity contribution < 1.29 is 13.5 Å². The summed E-state index contributed by atoms with van der Waals surface area (Å²) in [6, 6.07) is 4.66. The zero-order valence-corrected chi connectivity index (χ0v) is 10.7. The summed E-state index contributed by atoms with van der Waals surface area (Å²) in [6.07, 6.45) is 3.07. The molecular formula is C13H13ClFNO2. The number of aryl methyl sites for hydroxylation is 1. The quantitative estimate of drug-likeness (QED) is 0.777. The van der Waals surface area contributed by atoms with Crippen molar-refractivity contribution in [2.24, 2.45) is 0 Å². The minimum Gasteiger partial charge on any atom is -0.494 e. The highest BCUT2D eigenvalue weighted by Crippen LogP contribution is 2.26. The van der Waals surface area contributed by atoms with E-state index in [4.69, 9.17) is 20.8 Å². The lowest BCUT2D eigenvalue weighted by Crippen LogP contribution is -1.88. The van der Waals surface area contributed by atoms with Crippen LogP contribution in [0.25, 0.3) is 11.3 Å². The van der Waals surface area contributed by atoms with Gasteiger partial charge in [0, 0.05) is 17.9 Å². The number of hydrogen-bond acceptors (Lipinski definition) is 3. The molecule has 0 spiro atoms. The van der Waals surface area contributed by atoms with E-state index in [-0.39, 0.29) is 5.75 Å². The van der Waals surface area contributed by atoms with Crippen LogP contribution in [-0.2, 0) is 6.42 Å². The molecule has 0 unspecified atom stereocenters. The summed E-state index contributed by atoms with van der Waals surface area (Å²) >= 11 is 5.60. The maximum Gasteiger partial charge on any atom is 0.194 e. The predicted octanol–water partition coefficient (Wildman–Crippen LogP) is 3.66. The van der Waals surface area contributed by atoms with Crippen LogP contribution in [0.15, 0.2) is 28.8 Å². The third kappa shape index (κ3) is 2.82. The molecule has 3 nitrogen and oxygen atoms in total. The maximum atomic E-state index is 13.5. The Kier molecular flexibility index (Phi) is 4.20. The molecule has 18 heavy (non-hydrogen) atoms. The molecule has 0 bridgehead atoms. The largest absolute Gasteiger partial charge is 0.494 e. The molecule has 0 N–H and O–H groups in total. The van der Waals surface area contributed by atoms with E-state index in [1.165, 1.54) is 13.2 Å². The van der Waals surface area contributed by atoms with E-state index in [9.17, 15) is 4.39 Å². The number of halogens is 2. The van der Waals surface area contributed by atoms with Gasteiger partial charge in [0.25, 0.3) is 0 Å². The Bertz CT molecular complexity index is 527. The summed E-state index contributed by atoms with van der Waals surface area (Å²) in [5.41, 5.74) is 0.637. The van der Waals surface area contributed by atoms with Crippen LogP contribution in [0.2, 0.25) is 0 Å². The highest BCUT2D eigenvalue weighted by atomic mass is 35.5. The molecule has 1 heterocycles.